The minimum absolute atomic E-state index is 0.141. The number of hydrogen-bond acceptors (Lipinski definition) is 3. The van der Waals surface area contributed by atoms with E-state index in [4.69, 9.17) is 10.6 Å². The van der Waals surface area contributed by atoms with Crippen LogP contribution in [0.15, 0.2) is 30.3 Å². The number of amides is 2. The van der Waals surface area contributed by atoms with E-state index in [1.165, 1.54) is 6.08 Å². The molecule has 0 spiro atoms. The summed E-state index contributed by atoms with van der Waals surface area (Å²) < 4.78 is 0. The number of hydrogen-bond donors (Lipinski definition) is 2. The number of benzene rings is 1. The Morgan fingerprint density at radius 1 is 1.20 bits per heavy atom. The van der Waals surface area contributed by atoms with Crippen LogP contribution in [0.1, 0.15) is 41.6 Å². The zero-order valence-electron chi connectivity index (χ0n) is 11.2. The van der Waals surface area contributed by atoms with Gasteiger partial charge in [-0.2, -0.15) is 0 Å². The Balaban J connectivity index is 1.81. The fraction of sp³-hybridized carbons (Fsp3) is 0.333. The molecule has 1 fully saturated rings. The van der Waals surface area contributed by atoms with Crippen molar-refractivity contribution in [2.45, 2.75) is 31.8 Å². The smallest absolute Gasteiger partial charge is 0.267 e. The van der Waals surface area contributed by atoms with Crippen molar-refractivity contribution >= 4 is 17.9 Å². The lowest BCUT2D eigenvalue weighted by Gasteiger charge is -2.09. The molecule has 5 nitrogen and oxygen atoms in total. The van der Waals surface area contributed by atoms with Gasteiger partial charge >= 0.3 is 0 Å². The van der Waals surface area contributed by atoms with Gasteiger partial charge in [-0.05, 0) is 36.6 Å². The molecule has 0 unspecified atom stereocenters. The molecule has 0 radical (unpaired) electrons. The monoisotopic (exact) mass is 274 g/mol. The molecule has 0 aliphatic heterocycles. The number of carbonyl (C=O) groups is 2. The fourth-order valence-corrected chi connectivity index (χ4v) is 2.11. The lowest BCUT2D eigenvalue weighted by molar-refractivity contribution is -0.132. The molecule has 106 valence electrons. The maximum atomic E-state index is 11.6. The lowest BCUT2D eigenvalue weighted by Crippen LogP contribution is -2.26. The Bertz CT molecular complexity index is 502. The molecule has 20 heavy (non-hydrogen) atoms. The van der Waals surface area contributed by atoms with Gasteiger partial charge in [-0.15, -0.1) is 0 Å². The van der Waals surface area contributed by atoms with E-state index in [2.05, 4.69) is 5.48 Å². The van der Waals surface area contributed by atoms with Gasteiger partial charge in [0.15, 0.2) is 0 Å². The van der Waals surface area contributed by atoms with Gasteiger partial charge in [-0.3, -0.25) is 14.4 Å². The molecule has 1 aromatic rings. The third kappa shape index (κ3) is 4.20. The molecular formula is C15H18N2O3. The topological polar surface area (TPSA) is 81.4 Å². The quantitative estimate of drug-likeness (QED) is 0.634. The van der Waals surface area contributed by atoms with Crippen LogP contribution in [-0.2, 0) is 9.63 Å². The normalized spacial score (nSPS) is 15.6. The van der Waals surface area contributed by atoms with Gasteiger partial charge in [0.05, 0.1) is 6.10 Å². The molecule has 0 atom stereocenters. The van der Waals surface area contributed by atoms with Gasteiger partial charge in [0, 0.05) is 11.6 Å². The molecule has 1 aromatic carbocycles. The average molecular weight is 274 g/mol. The average Bonchev–Trinajstić information content (AvgIpc) is 2.96. The van der Waals surface area contributed by atoms with Gasteiger partial charge in [-0.25, -0.2) is 5.48 Å². The summed E-state index contributed by atoms with van der Waals surface area (Å²) in [4.78, 5) is 27.8. The van der Waals surface area contributed by atoms with E-state index >= 15 is 0 Å². The summed E-state index contributed by atoms with van der Waals surface area (Å²) in [7, 11) is 0. The predicted molar refractivity (Wildman–Crippen MR) is 75.5 cm³/mol. The van der Waals surface area contributed by atoms with Crippen LogP contribution < -0.4 is 11.2 Å². The van der Waals surface area contributed by atoms with E-state index in [0.717, 1.165) is 31.2 Å². The minimum Gasteiger partial charge on any atom is -0.366 e. The predicted octanol–water partition coefficient (Wildman–Crippen LogP) is 1.79. The van der Waals surface area contributed by atoms with Crippen molar-refractivity contribution in [3.63, 3.8) is 0 Å². The Morgan fingerprint density at radius 2 is 1.85 bits per heavy atom. The van der Waals surface area contributed by atoms with Crippen molar-refractivity contribution in [2.24, 2.45) is 5.73 Å². The van der Waals surface area contributed by atoms with Crippen molar-refractivity contribution < 1.29 is 14.4 Å². The molecule has 5 heteroatoms. The molecule has 2 rings (SSSR count). The number of nitrogens with two attached hydrogens (primary N) is 1. The molecule has 3 N–H and O–H groups in total. The fourth-order valence-electron chi connectivity index (χ4n) is 2.11. The summed E-state index contributed by atoms with van der Waals surface area (Å²) in [6.07, 6.45) is 7.50. The number of nitrogens with one attached hydrogen (secondary N) is 1. The molecule has 2 amide bonds. The van der Waals surface area contributed by atoms with Crippen LogP contribution in [0.5, 0.6) is 0 Å². The van der Waals surface area contributed by atoms with Crippen LogP contribution in [-0.4, -0.2) is 17.9 Å². The van der Waals surface area contributed by atoms with E-state index in [-0.39, 0.29) is 12.0 Å². The number of hydroxylamine groups is 1. The zero-order chi connectivity index (χ0) is 14.4. The summed E-state index contributed by atoms with van der Waals surface area (Å²) >= 11 is 0. The summed E-state index contributed by atoms with van der Waals surface area (Å²) in [5.74, 6) is -0.765. The van der Waals surface area contributed by atoms with Crippen LogP contribution >= 0.6 is 0 Å². The summed E-state index contributed by atoms with van der Waals surface area (Å²) in [6.45, 7) is 0. The summed E-state index contributed by atoms with van der Waals surface area (Å²) in [5, 5.41) is 0. The van der Waals surface area contributed by atoms with Gasteiger partial charge < -0.3 is 5.73 Å². The van der Waals surface area contributed by atoms with Crippen molar-refractivity contribution in [1.82, 2.24) is 5.48 Å². The van der Waals surface area contributed by atoms with Crippen LogP contribution in [0.2, 0.25) is 0 Å². The highest BCUT2D eigenvalue weighted by Gasteiger charge is 2.16. The maximum Gasteiger partial charge on any atom is 0.267 e. The Kier molecular flexibility index (Phi) is 4.90. The highest BCUT2D eigenvalue weighted by atomic mass is 16.7. The van der Waals surface area contributed by atoms with Gasteiger partial charge in [0.25, 0.3) is 5.91 Å². The molecule has 1 saturated carbocycles. The Labute approximate surface area is 117 Å². The molecule has 0 bridgehead atoms. The third-order valence-corrected chi connectivity index (χ3v) is 3.25. The van der Waals surface area contributed by atoms with Crippen molar-refractivity contribution in [1.29, 1.82) is 0 Å². The molecule has 1 aliphatic carbocycles. The standard InChI is InChI=1S/C15H18N2O3/c16-15(19)12-8-5-11(6-9-12)7-10-14(18)17-20-13-3-1-2-4-13/h5-10,13H,1-4H2,(H2,16,19)(H,17,18)/b10-7+. The molecule has 0 aromatic heterocycles. The van der Waals surface area contributed by atoms with Gasteiger partial charge in [-0.1, -0.05) is 25.0 Å². The van der Waals surface area contributed by atoms with Gasteiger partial charge in [0.1, 0.15) is 0 Å². The maximum absolute atomic E-state index is 11.6. The van der Waals surface area contributed by atoms with E-state index in [0.29, 0.717) is 5.56 Å². The van der Waals surface area contributed by atoms with Crippen LogP contribution in [0, 0.1) is 0 Å². The van der Waals surface area contributed by atoms with Crippen molar-refractivity contribution in [2.75, 3.05) is 0 Å². The zero-order valence-corrected chi connectivity index (χ0v) is 11.2. The van der Waals surface area contributed by atoms with Gasteiger partial charge in [0.2, 0.25) is 5.91 Å². The first-order chi connectivity index (χ1) is 9.65. The minimum atomic E-state index is -0.469. The van der Waals surface area contributed by atoms with E-state index in [1.54, 1.807) is 30.3 Å². The van der Waals surface area contributed by atoms with Crippen LogP contribution in [0.3, 0.4) is 0 Å². The molecule has 0 heterocycles. The first-order valence-corrected chi connectivity index (χ1v) is 6.69. The third-order valence-electron chi connectivity index (χ3n) is 3.25. The second kappa shape index (κ2) is 6.86. The Hall–Kier alpha value is -2.14. The number of carbonyl (C=O) groups excluding carboxylic acids is 2. The van der Waals surface area contributed by atoms with Crippen LogP contribution in [0.25, 0.3) is 6.08 Å². The molecule has 1 aliphatic rings. The van der Waals surface area contributed by atoms with E-state index < -0.39 is 5.91 Å². The summed E-state index contributed by atoms with van der Waals surface area (Å²) in [6, 6.07) is 6.69. The van der Waals surface area contributed by atoms with Crippen LogP contribution in [0.4, 0.5) is 0 Å². The second-order valence-electron chi connectivity index (χ2n) is 4.81. The first-order valence-electron chi connectivity index (χ1n) is 6.69. The second-order valence-corrected chi connectivity index (χ2v) is 4.81. The SMILES string of the molecule is NC(=O)c1ccc(/C=C/C(=O)NOC2CCCC2)cc1. The van der Waals surface area contributed by atoms with E-state index in [9.17, 15) is 9.59 Å². The Morgan fingerprint density at radius 3 is 2.45 bits per heavy atom. The highest BCUT2D eigenvalue weighted by molar-refractivity contribution is 5.93. The molecular weight excluding hydrogens is 256 g/mol. The number of rotatable bonds is 5. The highest BCUT2D eigenvalue weighted by Crippen LogP contribution is 2.19. The van der Waals surface area contributed by atoms with E-state index in [1.807, 2.05) is 0 Å². The molecule has 0 saturated heterocycles. The first kappa shape index (κ1) is 14.3. The number of primary amides is 1. The summed E-state index contributed by atoms with van der Waals surface area (Å²) in [5.41, 5.74) is 8.82. The largest absolute Gasteiger partial charge is 0.366 e. The lowest BCUT2D eigenvalue weighted by atomic mass is 10.1. The van der Waals surface area contributed by atoms with Crippen molar-refractivity contribution in [3.05, 3.63) is 41.5 Å². The van der Waals surface area contributed by atoms with Crippen molar-refractivity contribution in [3.8, 4) is 0 Å².